The molecule has 0 radical (unpaired) electrons. The summed E-state index contributed by atoms with van der Waals surface area (Å²) in [6.07, 6.45) is 6.38. The molecule has 0 unspecified atom stereocenters. The first-order valence-corrected chi connectivity index (χ1v) is 7.48. The van der Waals surface area contributed by atoms with Gasteiger partial charge in [-0.25, -0.2) is 0 Å². The van der Waals surface area contributed by atoms with E-state index in [4.69, 9.17) is 4.52 Å². The number of carbonyl (C=O) groups is 1. The predicted molar refractivity (Wildman–Crippen MR) is 74.3 cm³/mol. The fraction of sp³-hybridized carbons (Fsp3) is 0.786. The Kier molecular flexibility index (Phi) is 3.63. The molecule has 1 aromatic rings. The first kappa shape index (κ1) is 13.4. The van der Waals surface area contributed by atoms with Crippen molar-refractivity contribution in [2.24, 2.45) is 5.92 Å². The third kappa shape index (κ3) is 2.39. The summed E-state index contributed by atoms with van der Waals surface area (Å²) in [5.41, 5.74) is 0. The number of nitrogens with zero attached hydrogens (tertiary/aromatic N) is 4. The van der Waals surface area contributed by atoms with Crippen LogP contribution in [0.2, 0.25) is 0 Å². The van der Waals surface area contributed by atoms with Crippen LogP contribution in [0.3, 0.4) is 0 Å². The molecular formula is C14H22N4O2. The molecule has 0 bridgehead atoms. The highest BCUT2D eigenvalue weighted by molar-refractivity contribution is 5.79. The maximum atomic E-state index is 12.6. The summed E-state index contributed by atoms with van der Waals surface area (Å²) in [5, 5.41) is 3.95. The van der Waals surface area contributed by atoms with Gasteiger partial charge < -0.3 is 14.3 Å². The average Bonchev–Trinajstić information content (AvgIpc) is 3.17. The van der Waals surface area contributed by atoms with Crippen LogP contribution in [0.4, 0.5) is 5.95 Å². The summed E-state index contributed by atoms with van der Waals surface area (Å²) in [6, 6.07) is -0.0238. The van der Waals surface area contributed by atoms with Gasteiger partial charge in [-0.1, -0.05) is 12.8 Å². The molecule has 2 aliphatic rings. The normalized spacial score (nSPS) is 23.5. The molecule has 6 nitrogen and oxygen atoms in total. The molecule has 1 atom stereocenters. The van der Waals surface area contributed by atoms with Crippen molar-refractivity contribution in [1.82, 2.24) is 15.0 Å². The number of likely N-dealkylation sites (tertiary alicyclic amines) is 1. The Balaban J connectivity index is 1.75. The molecule has 1 saturated carbocycles. The molecule has 1 aliphatic carbocycles. The fourth-order valence-electron chi connectivity index (χ4n) is 3.24. The summed E-state index contributed by atoms with van der Waals surface area (Å²) in [4.78, 5) is 20.8. The zero-order valence-corrected chi connectivity index (χ0v) is 12.2. The minimum Gasteiger partial charge on any atom is -0.344 e. The van der Waals surface area contributed by atoms with Crippen molar-refractivity contribution in [3.8, 4) is 0 Å². The van der Waals surface area contributed by atoms with Crippen molar-refractivity contribution in [2.75, 3.05) is 25.5 Å². The Morgan fingerprint density at radius 1 is 1.25 bits per heavy atom. The van der Waals surface area contributed by atoms with Gasteiger partial charge in [-0.2, -0.15) is 4.98 Å². The molecule has 1 aliphatic heterocycles. The number of hydrogen-bond acceptors (Lipinski definition) is 5. The molecule has 1 aromatic heterocycles. The highest BCUT2D eigenvalue weighted by Gasteiger charge is 2.37. The third-order valence-electron chi connectivity index (χ3n) is 4.36. The van der Waals surface area contributed by atoms with Crippen molar-refractivity contribution in [1.29, 1.82) is 0 Å². The Morgan fingerprint density at radius 3 is 2.65 bits per heavy atom. The third-order valence-corrected chi connectivity index (χ3v) is 4.36. The van der Waals surface area contributed by atoms with E-state index >= 15 is 0 Å². The number of aromatic nitrogens is 2. The molecule has 1 amide bonds. The highest BCUT2D eigenvalue weighted by atomic mass is 16.5. The van der Waals surface area contributed by atoms with Crippen LogP contribution in [0.5, 0.6) is 0 Å². The smallest absolute Gasteiger partial charge is 0.265 e. The van der Waals surface area contributed by atoms with Crippen molar-refractivity contribution in [3.63, 3.8) is 0 Å². The lowest BCUT2D eigenvalue weighted by Gasteiger charge is -2.24. The van der Waals surface area contributed by atoms with Gasteiger partial charge in [0.15, 0.2) is 0 Å². The monoisotopic (exact) mass is 278 g/mol. The summed E-state index contributed by atoms with van der Waals surface area (Å²) in [5.74, 6) is 1.65. The van der Waals surface area contributed by atoms with Gasteiger partial charge in [0.1, 0.15) is 6.04 Å². The summed E-state index contributed by atoms with van der Waals surface area (Å²) in [7, 11) is 3.76. The molecule has 2 heterocycles. The lowest BCUT2D eigenvalue weighted by atomic mass is 10.1. The van der Waals surface area contributed by atoms with Crippen LogP contribution in [-0.2, 0) is 4.79 Å². The molecule has 1 saturated heterocycles. The van der Waals surface area contributed by atoms with E-state index in [1.165, 1.54) is 12.8 Å². The predicted octanol–water partition coefficient (Wildman–Crippen LogP) is 1.99. The first-order valence-electron chi connectivity index (χ1n) is 7.48. The van der Waals surface area contributed by atoms with Gasteiger partial charge >= 0.3 is 0 Å². The second kappa shape index (κ2) is 5.42. The van der Waals surface area contributed by atoms with E-state index in [1.54, 1.807) is 0 Å². The van der Waals surface area contributed by atoms with Gasteiger partial charge in [-0.05, 0) is 30.8 Å². The maximum absolute atomic E-state index is 12.6. The van der Waals surface area contributed by atoms with E-state index < -0.39 is 0 Å². The number of rotatable bonds is 3. The zero-order valence-electron chi connectivity index (χ0n) is 12.2. The van der Waals surface area contributed by atoms with Crippen LogP contribution in [-0.4, -0.2) is 41.6 Å². The number of hydrogen-bond donors (Lipinski definition) is 0. The van der Waals surface area contributed by atoms with Crippen LogP contribution in [0.15, 0.2) is 4.52 Å². The van der Waals surface area contributed by atoms with Gasteiger partial charge in [-0.15, -0.1) is 0 Å². The quantitative estimate of drug-likeness (QED) is 0.846. The van der Waals surface area contributed by atoms with E-state index in [2.05, 4.69) is 10.1 Å². The molecule has 110 valence electrons. The van der Waals surface area contributed by atoms with Crippen LogP contribution < -0.4 is 4.90 Å². The van der Waals surface area contributed by atoms with Crippen LogP contribution in [0, 0.1) is 5.92 Å². The summed E-state index contributed by atoms with van der Waals surface area (Å²) in [6.45, 7) is 0.819. The largest absolute Gasteiger partial charge is 0.344 e. The van der Waals surface area contributed by atoms with Crippen LogP contribution >= 0.6 is 0 Å². The standard InChI is InChI=1S/C14H22N4O2/c1-17(2)14-15-12(20-16-14)11-8-5-9-18(11)13(19)10-6-3-4-7-10/h10-11H,3-9H2,1-2H3/t11-/m1/s1. The Bertz CT molecular complexity index is 479. The average molecular weight is 278 g/mol. The van der Waals surface area contributed by atoms with Crippen molar-refractivity contribution in [2.45, 2.75) is 44.6 Å². The van der Waals surface area contributed by atoms with Crippen molar-refractivity contribution < 1.29 is 9.32 Å². The molecule has 3 rings (SSSR count). The second-order valence-corrected chi connectivity index (χ2v) is 6.00. The summed E-state index contributed by atoms with van der Waals surface area (Å²) < 4.78 is 5.36. The Morgan fingerprint density at radius 2 is 2.00 bits per heavy atom. The lowest BCUT2D eigenvalue weighted by molar-refractivity contribution is -0.136. The first-order chi connectivity index (χ1) is 9.66. The SMILES string of the molecule is CN(C)c1noc([C@H]2CCCN2C(=O)C2CCCC2)n1. The number of anilines is 1. The van der Waals surface area contributed by atoms with Gasteiger partial charge in [0, 0.05) is 26.6 Å². The molecule has 0 aromatic carbocycles. The van der Waals surface area contributed by atoms with Gasteiger partial charge in [0.05, 0.1) is 0 Å². The molecule has 2 fully saturated rings. The van der Waals surface area contributed by atoms with E-state index in [0.717, 1.165) is 32.2 Å². The van der Waals surface area contributed by atoms with Gasteiger partial charge in [-0.3, -0.25) is 4.79 Å². The van der Waals surface area contributed by atoms with Gasteiger partial charge in [0.2, 0.25) is 5.91 Å². The summed E-state index contributed by atoms with van der Waals surface area (Å²) >= 11 is 0. The zero-order chi connectivity index (χ0) is 14.1. The number of amides is 1. The molecular weight excluding hydrogens is 256 g/mol. The van der Waals surface area contributed by atoms with E-state index in [-0.39, 0.29) is 17.9 Å². The molecule has 20 heavy (non-hydrogen) atoms. The number of carbonyl (C=O) groups excluding carboxylic acids is 1. The molecule has 0 N–H and O–H groups in total. The topological polar surface area (TPSA) is 62.5 Å². The Hall–Kier alpha value is -1.59. The van der Waals surface area contributed by atoms with E-state index in [1.807, 2.05) is 23.9 Å². The highest BCUT2D eigenvalue weighted by Crippen LogP contribution is 2.35. The maximum Gasteiger partial charge on any atom is 0.265 e. The van der Waals surface area contributed by atoms with Crippen molar-refractivity contribution >= 4 is 11.9 Å². The van der Waals surface area contributed by atoms with E-state index in [9.17, 15) is 4.79 Å². The lowest BCUT2D eigenvalue weighted by Crippen LogP contribution is -2.35. The van der Waals surface area contributed by atoms with Crippen LogP contribution in [0.1, 0.15) is 50.5 Å². The van der Waals surface area contributed by atoms with Crippen molar-refractivity contribution in [3.05, 3.63) is 5.89 Å². The molecule has 0 spiro atoms. The van der Waals surface area contributed by atoms with Crippen LogP contribution in [0.25, 0.3) is 0 Å². The minimum atomic E-state index is -0.0238. The second-order valence-electron chi connectivity index (χ2n) is 6.00. The van der Waals surface area contributed by atoms with E-state index in [0.29, 0.717) is 11.8 Å². The Labute approximate surface area is 119 Å². The fourth-order valence-corrected chi connectivity index (χ4v) is 3.24. The minimum absolute atomic E-state index is 0.0238. The molecule has 6 heteroatoms. The van der Waals surface area contributed by atoms with Gasteiger partial charge in [0.25, 0.3) is 11.8 Å².